The first kappa shape index (κ1) is 60.1. The topological polar surface area (TPSA) is 92.6 Å². The minimum Gasteiger partial charge on any atom is -0.489 e. The number of anilines is 1. The van der Waals surface area contributed by atoms with E-state index in [1.165, 1.54) is 231 Å². The van der Waals surface area contributed by atoms with Gasteiger partial charge in [-0.3, -0.25) is 0 Å². The summed E-state index contributed by atoms with van der Waals surface area (Å²) in [6.45, 7) is 15.8. The maximum absolute atomic E-state index is 7.19. The van der Waals surface area contributed by atoms with Gasteiger partial charge in [0, 0.05) is 16.8 Å². The lowest BCUT2D eigenvalue weighted by Crippen LogP contribution is -2.17. The molecule has 69 heavy (non-hydrogen) atoms. The monoisotopic (exact) mass is 958 g/mol. The molecule has 0 aliphatic carbocycles. The van der Waals surface area contributed by atoms with E-state index in [2.05, 4.69) is 63.9 Å². The molecule has 7 nitrogen and oxygen atoms in total. The van der Waals surface area contributed by atoms with Gasteiger partial charge in [-0.1, -0.05) is 234 Å². The number of nitrogens with zero attached hydrogens (tertiary/aromatic N) is 2. The van der Waals surface area contributed by atoms with Crippen molar-refractivity contribution in [2.24, 2.45) is 17.8 Å². The molecule has 3 unspecified atom stereocenters. The van der Waals surface area contributed by atoms with Crippen LogP contribution in [-0.2, 0) is 0 Å². The molecule has 0 aliphatic heterocycles. The second kappa shape index (κ2) is 40.4. The van der Waals surface area contributed by atoms with Crippen LogP contribution in [0.2, 0.25) is 0 Å². The molecule has 0 saturated carbocycles. The maximum Gasteiger partial charge on any atom is 0.248 e. The third-order valence-electron chi connectivity index (χ3n) is 14.6. The van der Waals surface area contributed by atoms with Crippen molar-refractivity contribution in [3.63, 3.8) is 0 Å². The zero-order chi connectivity index (χ0) is 49.4. The number of nitrogen functional groups attached to an aromatic ring is 1. The van der Waals surface area contributed by atoms with Gasteiger partial charge < -0.3 is 24.4 Å². The number of benzene rings is 2. The number of unbranched alkanes of at least 4 members (excludes halogenated alkanes) is 24. The van der Waals surface area contributed by atoms with Crippen molar-refractivity contribution >= 4 is 5.69 Å². The predicted molar refractivity (Wildman–Crippen MR) is 297 cm³/mol. The highest BCUT2D eigenvalue weighted by Gasteiger charge is 2.24. The fraction of sp³-hybridized carbons (Fsp3) is 0.774. The molecule has 0 fully saturated rings. The third kappa shape index (κ3) is 27.3. The van der Waals surface area contributed by atoms with Crippen LogP contribution < -0.4 is 19.9 Å². The minimum atomic E-state index is 0.450. The first-order valence-corrected chi connectivity index (χ1v) is 29.7. The molecule has 394 valence electrons. The Balaban J connectivity index is 2.07. The first-order chi connectivity index (χ1) is 34.0. The first-order valence-electron chi connectivity index (χ1n) is 29.7. The van der Waals surface area contributed by atoms with Gasteiger partial charge in [-0.2, -0.15) is 0 Å². The second-order valence-corrected chi connectivity index (χ2v) is 21.1. The molecule has 7 heteroatoms. The Hall–Kier alpha value is -3.22. The van der Waals surface area contributed by atoms with Crippen LogP contribution in [0.25, 0.3) is 22.9 Å². The lowest BCUT2D eigenvalue weighted by Gasteiger charge is -2.24. The Bertz CT molecular complexity index is 1570. The average Bonchev–Trinajstić information content (AvgIpc) is 3.86. The molecule has 0 saturated heterocycles. The zero-order valence-corrected chi connectivity index (χ0v) is 45.9. The van der Waals surface area contributed by atoms with Crippen LogP contribution in [0.4, 0.5) is 5.69 Å². The molecule has 1 aromatic heterocycles. The van der Waals surface area contributed by atoms with Crippen LogP contribution in [0.3, 0.4) is 0 Å². The summed E-state index contributed by atoms with van der Waals surface area (Å²) in [5.41, 5.74) is 8.39. The van der Waals surface area contributed by atoms with Gasteiger partial charge in [0.15, 0.2) is 11.5 Å². The van der Waals surface area contributed by atoms with E-state index in [-0.39, 0.29) is 0 Å². The van der Waals surface area contributed by atoms with Crippen molar-refractivity contribution < 1.29 is 18.6 Å². The molecule has 3 aromatic rings. The summed E-state index contributed by atoms with van der Waals surface area (Å²) in [6.07, 6.45) is 46.1. The van der Waals surface area contributed by atoms with Gasteiger partial charge in [0.25, 0.3) is 0 Å². The molecule has 2 aromatic carbocycles. The Morgan fingerprint density at radius 3 is 1.01 bits per heavy atom. The van der Waals surface area contributed by atoms with Crippen LogP contribution in [0.1, 0.15) is 273 Å². The predicted octanol–water partition coefficient (Wildman–Crippen LogP) is 20.1. The third-order valence-corrected chi connectivity index (χ3v) is 14.6. The summed E-state index contributed by atoms with van der Waals surface area (Å²) in [4.78, 5) is 0. The molecule has 3 rings (SSSR count). The van der Waals surface area contributed by atoms with Gasteiger partial charge in [-0.05, 0) is 92.7 Å². The number of hydrogen-bond acceptors (Lipinski definition) is 7. The number of hydrogen-bond donors (Lipinski definition) is 1. The van der Waals surface area contributed by atoms with Gasteiger partial charge >= 0.3 is 0 Å². The molecule has 1 heterocycles. The van der Waals surface area contributed by atoms with Gasteiger partial charge in [-0.15, -0.1) is 10.2 Å². The SMILES string of the molecule is CCCCCCCCC(CCCCCC)COc1cc(-c2nnc(-c3ccc(N)cc3)o2)cc(OCC(CCCCCC)CCCCCCCC)c1OCC(CCCCCC)CCCCCCCC. The van der Waals surface area contributed by atoms with Gasteiger partial charge in [0.05, 0.1) is 19.8 Å². The minimum absolute atomic E-state index is 0.450. The molecule has 2 N–H and O–H groups in total. The van der Waals surface area contributed by atoms with E-state index in [1.807, 2.05) is 24.3 Å². The van der Waals surface area contributed by atoms with E-state index in [0.29, 0.717) is 55.0 Å². The van der Waals surface area contributed by atoms with Gasteiger partial charge in [-0.25, -0.2) is 0 Å². The van der Waals surface area contributed by atoms with E-state index >= 15 is 0 Å². The number of rotatable bonds is 47. The van der Waals surface area contributed by atoms with Crippen LogP contribution in [0, 0.1) is 17.8 Å². The van der Waals surface area contributed by atoms with Crippen LogP contribution >= 0.6 is 0 Å². The van der Waals surface area contributed by atoms with Crippen molar-refractivity contribution in [1.82, 2.24) is 10.2 Å². The molecule has 0 bridgehead atoms. The summed E-state index contributed by atoms with van der Waals surface area (Å²) in [6, 6.07) is 11.8. The lowest BCUT2D eigenvalue weighted by atomic mass is 9.94. The lowest BCUT2D eigenvalue weighted by molar-refractivity contribution is 0.174. The van der Waals surface area contributed by atoms with E-state index in [0.717, 1.165) is 28.4 Å². The second-order valence-electron chi connectivity index (χ2n) is 21.1. The number of ether oxygens (including phenoxy) is 3. The Labute approximate surface area is 425 Å². The summed E-state index contributed by atoms with van der Waals surface area (Å²) in [5.74, 6) is 4.62. The fourth-order valence-electron chi connectivity index (χ4n) is 9.91. The van der Waals surface area contributed by atoms with Gasteiger partial charge in [0.1, 0.15) is 0 Å². The summed E-state index contributed by atoms with van der Waals surface area (Å²) in [7, 11) is 0. The van der Waals surface area contributed by atoms with E-state index in [9.17, 15) is 0 Å². The van der Waals surface area contributed by atoms with Crippen molar-refractivity contribution in [3.05, 3.63) is 36.4 Å². The molecule has 0 amide bonds. The maximum atomic E-state index is 7.19. The Morgan fingerprint density at radius 2 is 0.667 bits per heavy atom. The van der Waals surface area contributed by atoms with Gasteiger partial charge in [0.2, 0.25) is 17.5 Å². The summed E-state index contributed by atoms with van der Waals surface area (Å²) < 4.78 is 27.9. The van der Waals surface area contributed by atoms with Crippen LogP contribution in [0.5, 0.6) is 17.2 Å². The summed E-state index contributed by atoms with van der Waals surface area (Å²) in [5, 5.41) is 9.15. The zero-order valence-electron chi connectivity index (χ0n) is 45.9. The highest BCUT2D eigenvalue weighted by Crippen LogP contribution is 2.44. The largest absolute Gasteiger partial charge is 0.489 e. The summed E-state index contributed by atoms with van der Waals surface area (Å²) >= 11 is 0. The van der Waals surface area contributed by atoms with E-state index in [4.69, 9.17) is 24.4 Å². The molecule has 0 spiro atoms. The Morgan fingerprint density at radius 1 is 0.377 bits per heavy atom. The molecule has 0 aliphatic rings. The van der Waals surface area contributed by atoms with Crippen LogP contribution in [-0.4, -0.2) is 30.0 Å². The Kier molecular flexibility index (Phi) is 35.2. The smallest absolute Gasteiger partial charge is 0.248 e. The molecule has 0 radical (unpaired) electrons. The normalized spacial score (nSPS) is 12.9. The van der Waals surface area contributed by atoms with Crippen molar-refractivity contribution in [2.75, 3.05) is 25.6 Å². The van der Waals surface area contributed by atoms with Crippen LogP contribution in [0.15, 0.2) is 40.8 Å². The van der Waals surface area contributed by atoms with E-state index in [1.54, 1.807) is 0 Å². The standard InChI is InChI=1S/C62H107N3O4/c1-7-13-19-25-28-34-40-52(37-31-22-16-10-4)49-66-58-47-56(62-65-64-61(69-62)55-43-45-57(63)46-44-55)48-59(67-50-53(38-32-23-17-11-5)41-35-29-26-20-14-8-2)60(58)68-51-54(39-33-24-18-12-6)42-36-30-27-21-15-9-3/h43-48,52-54H,7-42,49-51,63H2,1-6H3. The number of aromatic nitrogens is 2. The van der Waals surface area contributed by atoms with Crippen molar-refractivity contribution in [2.45, 2.75) is 273 Å². The molecular formula is C62H107N3O4. The highest BCUT2D eigenvalue weighted by atomic mass is 16.5. The average molecular weight is 959 g/mol. The quantitative estimate of drug-likeness (QED) is 0.0445. The molecule has 3 atom stereocenters. The van der Waals surface area contributed by atoms with Crippen molar-refractivity contribution in [1.29, 1.82) is 0 Å². The number of nitrogens with two attached hydrogens (primary N) is 1. The molecular weight excluding hydrogens is 851 g/mol. The fourth-order valence-corrected chi connectivity index (χ4v) is 9.91. The van der Waals surface area contributed by atoms with Crippen molar-refractivity contribution in [3.8, 4) is 40.2 Å². The highest BCUT2D eigenvalue weighted by molar-refractivity contribution is 5.67. The van der Waals surface area contributed by atoms with E-state index < -0.39 is 0 Å².